The average Bonchev–Trinajstić information content (AvgIpc) is 2.57. The molecule has 4 nitrogen and oxygen atoms in total. The Balaban J connectivity index is 1.87. The van der Waals surface area contributed by atoms with Crippen LogP contribution in [0.1, 0.15) is 16.7 Å². The first-order valence-corrected chi connectivity index (χ1v) is 8.24. The Morgan fingerprint density at radius 3 is 2.39 bits per heavy atom. The fourth-order valence-electron chi connectivity index (χ4n) is 2.19. The molecule has 2 N–H and O–H groups in total. The summed E-state index contributed by atoms with van der Waals surface area (Å²) in [5.74, 6) is 1.64. The van der Waals surface area contributed by atoms with Gasteiger partial charge in [-0.15, -0.1) is 0 Å². The lowest BCUT2D eigenvalue weighted by Gasteiger charge is -2.13. The summed E-state index contributed by atoms with van der Waals surface area (Å²) in [5, 5.41) is 6.65. The number of nitrogens with one attached hydrogen (secondary N) is 2. The smallest absolute Gasteiger partial charge is 0.191 e. The monoisotopic (exact) mass is 375 g/mol. The van der Waals surface area contributed by atoms with Crippen LogP contribution in [0.25, 0.3) is 0 Å². The second kappa shape index (κ2) is 8.58. The molecule has 0 bridgehead atoms. The number of ether oxygens (including phenoxy) is 1. The first-order valence-electron chi connectivity index (χ1n) is 7.45. The zero-order chi connectivity index (χ0) is 16.7. The van der Waals surface area contributed by atoms with Gasteiger partial charge in [0, 0.05) is 24.6 Å². The summed E-state index contributed by atoms with van der Waals surface area (Å²) in [6, 6.07) is 14.3. The third kappa shape index (κ3) is 5.28. The van der Waals surface area contributed by atoms with E-state index in [2.05, 4.69) is 56.7 Å². The lowest BCUT2D eigenvalue weighted by Crippen LogP contribution is -2.36. The van der Waals surface area contributed by atoms with Gasteiger partial charge in [-0.2, -0.15) is 0 Å². The molecule has 0 unspecified atom stereocenters. The third-order valence-electron chi connectivity index (χ3n) is 3.59. The van der Waals surface area contributed by atoms with Crippen LogP contribution in [0.3, 0.4) is 0 Å². The topological polar surface area (TPSA) is 45.7 Å². The number of rotatable bonds is 5. The number of hydrogen-bond donors (Lipinski definition) is 2. The van der Waals surface area contributed by atoms with Crippen molar-refractivity contribution in [3.63, 3.8) is 0 Å². The number of aliphatic imine (C=N–C) groups is 1. The highest BCUT2D eigenvalue weighted by Gasteiger charge is 2.02. The van der Waals surface area contributed by atoms with E-state index in [0.29, 0.717) is 6.54 Å². The summed E-state index contributed by atoms with van der Waals surface area (Å²) in [5.41, 5.74) is 3.67. The maximum atomic E-state index is 5.16. The molecule has 0 radical (unpaired) electrons. The normalized spacial score (nSPS) is 11.2. The van der Waals surface area contributed by atoms with Crippen LogP contribution in [0, 0.1) is 6.92 Å². The summed E-state index contributed by atoms with van der Waals surface area (Å²) in [6.07, 6.45) is 0. The Kier molecular flexibility index (Phi) is 6.47. The second-order valence-corrected chi connectivity index (χ2v) is 6.11. The SMILES string of the molecule is CN=C(NCc1ccc(OC)cc1)NCc1ccc(Br)cc1C. The Morgan fingerprint density at radius 2 is 1.78 bits per heavy atom. The van der Waals surface area contributed by atoms with Crippen LogP contribution in [0.2, 0.25) is 0 Å². The molecule has 122 valence electrons. The molecular formula is C18H22BrN3O. The highest BCUT2D eigenvalue weighted by atomic mass is 79.9. The molecule has 0 heterocycles. The van der Waals surface area contributed by atoms with Crippen molar-refractivity contribution < 1.29 is 4.74 Å². The molecule has 0 aliphatic rings. The molecule has 0 saturated carbocycles. The van der Waals surface area contributed by atoms with Crippen molar-refractivity contribution >= 4 is 21.9 Å². The number of aryl methyl sites for hydroxylation is 1. The number of methoxy groups -OCH3 is 1. The fraction of sp³-hybridized carbons (Fsp3) is 0.278. The van der Waals surface area contributed by atoms with Crippen molar-refractivity contribution in [2.45, 2.75) is 20.0 Å². The van der Waals surface area contributed by atoms with E-state index in [0.717, 1.165) is 22.7 Å². The van der Waals surface area contributed by atoms with E-state index < -0.39 is 0 Å². The van der Waals surface area contributed by atoms with E-state index in [9.17, 15) is 0 Å². The zero-order valence-corrected chi connectivity index (χ0v) is 15.3. The Morgan fingerprint density at radius 1 is 1.09 bits per heavy atom. The van der Waals surface area contributed by atoms with E-state index in [1.807, 2.05) is 24.3 Å². The van der Waals surface area contributed by atoms with Gasteiger partial charge in [0.15, 0.2) is 5.96 Å². The van der Waals surface area contributed by atoms with Gasteiger partial charge in [-0.3, -0.25) is 4.99 Å². The zero-order valence-electron chi connectivity index (χ0n) is 13.7. The van der Waals surface area contributed by atoms with Gasteiger partial charge in [0.2, 0.25) is 0 Å². The molecule has 5 heteroatoms. The number of benzene rings is 2. The van der Waals surface area contributed by atoms with Crippen LogP contribution in [-0.4, -0.2) is 20.1 Å². The molecule has 0 aromatic heterocycles. The summed E-state index contributed by atoms with van der Waals surface area (Å²) in [7, 11) is 3.45. The third-order valence-corrected chi connectivity index (χ3v) is 4.09. The number of hydrogen-bond acceptors (Lipinski definition) is 2. The van der Waals surface area contributed by atoms with Gasteiger partial charge in [0.05, 0.1) is 7.11 Å². The first kappa shape index (κ1) is 17.3. The largest absolute Gasteiger partial charge is 0.497 e. The van der Waals surface area contributed by atoms with E-state index in [1.54, 1.807) is 14.2 Å². The van der Waals surface area contributed by atoms with Crippen molar-refractivity contribution in [1.82, 2.24) is 10.6 Å². The standard InChI is InChI=1S/C18H22BrN3O/c1-13-10-16(19)7-6-15(13)12-22-18(20-2)21-11-14-4-8-17(23-3)9-5-14/h4-10H,11-12H2,1-3H3,(H2,20,21,22). The van der Waals surface area contributed by atoms with Crippen LogP contribution >= 0.6 is 15.9 Å². The van der Waals surface area contributed by atoms with Crippen molar-refractivity contribution in [2.75, 3.05) is 14.2 Å². The lowest BCUT2D eigenvalue weighted by atomic mass is 10.1. The molecule has 2 aromatic carbocycles. The highest BCUT2D eigenvalue weighted by Crippen LogP contribution is 2.15. The van der Waals surface area contributed by atoms with Crippen LogP contribution in [-0.2, 0) is 13.1 Å². The van der Waals surface area contributed by atoms with Crippen LogP contribution in [0.5, 0.6) is 5.75 Å². The molecule has 0 saturated heterocycles. The van der Waals surface area contributed by atoms with Crippen molar-refractivity contribution in [2.24, 2.45) is 4.99 Å². The van der Waals surface area contributed by atoms with Gasteiger partial charge in [0.1, 0.15) is 5.75 Å². The van der Waals surface area contributed by atoms with Crippen LogP contribution in [0.4, 0.5) is 0 Å². The molecule has 23 heavy (non-hydrogen) atoms. The molecule has 0 fully saturated rings. The van der Waals surface area contributed by atoms with E-state index >= 15 is 0 Å². The molecule has 2 aromatic rings. The summed E-state index contributed by atoms with van der Waals surface area (Å²) >= 11 is 3.49. The maximum Gasteiger partial charge on any atom is 0.191 e. The molecule has 0 aliphatic carbocycles. The lowest BCUT2D eigenvalue weighted by molar-refractivity contribution is 0.414. The highest BCUT2D eigenvalue weighted by molar-refractivity contribution is 9.10. The first-order chi connectivity index (χ1) is 11.1. The van der Waals surface area contributed by atoms with E-state index in [-0.39, 0.29) is 0 Å². The number of nitrogens with zero attached hydrogens (tertiary/aromatic N) is 1. The fourth-order valence-corrected chi connectivity index (χ4v) is 2.66. The molecule has 0 amide bonds. The minimum absolute atomic E-state index is 0.711. The molecule has 0 aliphatic heterocycles. The molecule has 0 spiro atoms. The minimum Gasteiger partial charge on any atom is -0.497 e. The van der Waals surface area contributed by atoms with Crippen molar-refractivity contribution in [3.8, 4) is 5.75 Å². The van der Waals surface area contributed by atoms with Gasteiger partial charge in [-0.1, -0.05) is 34.1 Å². The maximum absolute atomic E-state index is 5.16. The van der Waals surface area contributed by atoms with Gasteiger partial charge in [-0.05, 0) is 47.9 Å². The van der Waals surface area contributed by atoms with Crippen LogP contribution < -0.4 is 15.4 Å². The van der Waals surface area contributed by atoms with Gasteiger partial charge >= 0.3 is 0 Å². The average molecular weight is 376 g/mol. The number of guanidine groups is 1. The molecular weight excluding hydrogens is 354 g/mol. The van der Waals surface area contributed by atoms with Gasteiger partial charge in [0.25, 0.3) is 0 Å². The Hall–Kier alpha value is -2.01. The quantitative estimate of drug-likeness (QED) is 0.619. The van der Waals surface area contributed by atoms with Crippen molar-refractivity contribution in [3.05, 3.63) is 63.6 Å². The predicted molar refractivity (Wildman–Crippen MR) is 98.9 cm³/mol. The van der Waals surface area contributed by atoms with Crippen molar-refractivity contribution in [1.29, 1.82) is 0 Å². The Labute approximate surface area is 146 Å². The minimum atomic E-state index is 0.711. The second-order valence-electron chi connectivity index (χ2n) is 5.20. The Bertz CT molecular complexity index is 668. The van der Waals surface area contributed by atoms with Gasteiger partial charge < -0.3 is 15.4 Å². The van der Waals surface area contributed by atoms with E-state index in [1.165, 1.54) is 16.7 Å². The molecule has 2 rings (SSSR count). The predicted octanol–water partition coefficient (Wildman–Crippen LogP) is 3.63. The summed E-state index contributed by atoms with van der Waals surface area (Å²) in [6.45, 7) is 3.56. The summed E-state index contributed by atoms with van der Waals surface area (Å²) in [4.78, 5) is 4.26. The molecule has 0 atom stereocenters. The summed E-state index contributed by atoms with van der Waals surface area (Å²) < 4.78 is 6.26. The number of halogens is 1. The van der Waals surface area contributed by atoms with Gasteiger partial charge in [-0.25, -0.2) is 0 Å². The van der Waals surface area contributed by atoms with E-state index in [4.69, 9.17) is 4.74 Å². The van der Waals surface area contributed by atoms with Crippen LogP contribution in [0.15, 0.2) is 51.9 Å².